The first kappa shape index (κ1) is 7.74. The molecule has 3 heteroatoms. The van der Waals surface area contributed by atoms with Crippen molar-refractivity contribution < 1.29 is 4.79 Å². The van der Waals surface area contributed by atoms with Crippen molar-refractivity contribution in [2.75, 3.05) is 0 Å². The minimum absolute atomic E-state index is 0.201. The second-order valence-corrected chi connectivity index (χ2v) is 3.39. The highest BCUT2D eigenvalue weighted by Gasteiger charge is 2.22. The fourth-order valence-corrected chi connectivity index (χ4v) is 1.88. The van der Waals surface area contributed by atoms with Crippen LogP contribution in [-0.2, 0) is 6.42 Å². The fourth-order valence-electron chi connectivity index (χ4n) is 1.61. The first-order chi connectivity index (χ1) is 5.68. The van der Waals surface area contributed by atoms with Crippen LogP contribution in [0.2, 0.25) is 5.15 Å². The van der Waals surface area contributed by atoms with Gasteiger partial charge in [0.05, 0.1) is 5.69 Å². The summed E-state index contributed by atoms with van der Waals surface area (Å²) in [6.45, 7) is 1.90. The van der Waals surface area contributed by atoms with E-state index >= 15 is 0 Å². The van der Waals surface area contributed by atoms with Gasteiger partial charge in [0, 0.05) is 12.0 Å². The number of nitrogens with zero attached hydrogens (tertiary/aromatic N) is 1. The summed E-state index contributed by atoms with van der Waals surface area (Å²) in [6, 6.07) is 1.74. The number of fused-ring (bicyclic) bond motifs is 1. The van der Waals surface area contributed by atoms with E-state index in [0.717, 1.165) is 23.2 Å². The number of hydrogen-bond acceptors (Lipinski definition) is 2. The SMILES string of the molecule is Cc1cc(Cl)nc2c1C(=O)CC2. The van der Waals surface area contributed by atoms with Gasteiger partial charge in [0.15, 0.2) is 5.78 Å². The second kappa shape index (κ2) is 2.56. The Bertz CT molecular complexity index is 360. The van der Waals surface area contributed by atoms with Crippen molar-refractivity contribution in [1.29, 1.82) is 0 Å². The number of pyridine rings is 1. The zero-order chi connectivity index (χ0) is 8.72. The number of ketones is 1. The van der Waals surface area contributed by atoms with Crippen LogP contribution in [0.25, 0.3) is 0 Å². The molecule has 0 bridgehead atoms. The van der Waals surface area contributed by atoms with E-state index < -0.39 is 0 Å². The Morgan fingerprint density at radius 2 is 2.25 bits per heavy atom. The summed E-state index contributed by atoms with van der Waals surface area (Å²) in [7, 11) is 0. The van der Waals surface area contributed by atoms with E-state index in [1.54, 1.807) is 6.07 Å². The lowest BCUT2D eigenvalue weighted by molar-refractivity contribution is 0.0994. The molecule has 1 aromatic rings. The summed E-state index contributed by atoms with van der Waals surface area (Å²) in [5.41, 5.74) is 2.61. The van der Waals surface area contributed by atoms with Crippen molar-refractivity contribution in [1.82, 2.24) is 4.98 Å². The molecule has 0 radical (unpaired) electrons. The van der Waals surface area contributed by atoms with E-state index in [9.17, 15) is 4.79 Å². The highest BCUT2D eigenvalue weighted by atomic mass is 35.5. The lowest BCUT2D eigenvalue weighted by Crippen LogP contribution is -1.97. The van der Waals surface area contributed by atoms with Crippen LogP contribution in [0.4, 0.5) is 0 Å². The summed E-state index contributed by atoms with van der Waals surface area (Å²) in [5.74, 6) is 0.201. The highest BCUT2D eigenvalue weighted by Crippen LogP contribution is 2.25. The van der Waals surface area contributed by atoms with E-state index in [4.69, 9.17) is 11.6 Å². The number of rotatable bonds is 0. The molecule has 0 N–H and O–H groups in total. The fraction of sp³-hybridized carbons (Fsp3) is 0.333. The van der Waals surface area contributed by atoms with Crippen molar-refractivity contribution in [3.8, 4) is 0 Å². The Labute approximate surface area is 75.6 Å². The van der Waals surface area contributed by atoms with Gasteiger partial charge in [0.2, 0.25) is 0 Å². The average molecular weight is 182 g/mol. The van der Waals surface area contributed by atoms with E-state index in [-0.39, 0.29) is 5.78 Å². The maximum Gasteiger partial charge on any atom is 0.165 e. The van der Waals surface area contributed by atoms with Crippen molar-refractivity contribution in [2.24, 2.45) is 0 Å². The zero-order valence-electron chi connectivity index (χ0n) is 6.72. The van der Waals surface area contributed by atoms with Gasteiger partial charge >= 0.3 is 0 Å². The third-order valence-corrected chi connectivity index (χ3v) is 2.32. The van der Waals surface area contributed by atoms with Gasteiger partial charge in [-0.2, -0.15) is 0 Å². The molecule has 0 fully saturated rings. The third-order valence-electron chi connectivity index (χ3n) is 2.13. The quantitative estimate of drug-likeness (QED) is 0.575. The number of aryl methyl sites for hydroxylation is 2. The molecule has 1 aliphatic rings. The van der Waals surface area contributed by atoms with E-state index in [2.05, 4.69) is 4.98 Å². The summed E-state index contributed by atoms with van der Waals surface area (Å²) in [6.07, 6.45) is 1.33. The first-order valence-corrected chi connectivity index (χ1v) is 4.25. The standard InChI is InChI=1S/C9H8ClNO/c1-5-4-8(10)11-6-2-3-7(12)9(5)6/h4H,2-3H2,1H3. The number of hydrogen-bond donors (Lipinski definition) is 0. The number of carbonyl (C=O) groups is 1. The van der Waals surface area contributed by atoms with Crippen LogP contribution in [0.3, 0.4) is 0 Å². The summed E-state index contributed by atoms with van der Waals surface area (Å²) in [4.78, 5) is 15.4. The topological polar surface area (TPSA) is 30.0 Å². The number of halogens is 1. The Kier molecular flexibility index (Phi) is 1.65. The Hall–Kier alpha value is -0.890. The molecule has 0 atom stereocenters. The van der Waals surface area contributed by atoms with Crippen LogP contribution in [0.5, 0.6) is 0 Å². The summed E-state index contributed by atoms with van der Waals surface area (Å²) < 4.78 is 0. The van der Waals surface area contributed by atoms with Crippen LogP contribution in [-0.4, -0.2) is 10.8 Å². The Balaban J connectivity index is 2.68. The van der Waals surface area contributed by atoms with Crippen molar-refractivity contribution in [3.05, 3.63) is 28.0 Å². The molecule has 0 aliphatic heterocycles. The van der Waals surface area contributed by atoms with Gasteiger partial charge in [-0.15, -0.1) is 0 Å². The number of Topliss-reactive ketones (excluding diaryl/α,β-unsaturated/α-hetero) is 1. The van der Waals surface area contributed by atoms with Crippen LogP contribution < -0.4 is 0 Å². The number of carbonyl (C=O) groups excluding carboxylic acids is 1. The van der Waals surface area contributed by atoms with Crippen LogP contribution >= 0.6 is 11.6 Å². The molecular formula is C9H8ClNO. The smallest absolute Gasteiger partial charge is 0.165 e. The maximum absolute atomic E-state index is 11.3. The Morgan fingerprint density at radius 3 is 3.00 bits per heavy atom. The maximum atomic E-state index is 11.3. The molecule has 2 nitrogen and oxygen atoms in total. The summed E-state index contributed by atoms with van der Waals surface area (Å²) >= 11 is 5.75. The molecule has 0 unspecified atom stereocenters. The predicted octanol–water partition coefficient (Wildman–Crippen LogP) is 2.17. The average Bonchev–Trinajstić information content (AvgIpc) is 2.31. The van der Waals surface area contributed by atoms with Crippen LogP contribution in [0.1, 0.15) is 28.0 Å². The molecule has 0 aromatic carbocycles. The molecule has 62 valence electrons. The van der Waals surface area contributed by atoms with Gasteiger partial charge in [0.25, 0.3) is 0 Å². The minimum atomic E-state index is 0.201. The van der Waals surface area contributed by atoms with E-state index in [1.165, 1.54) is 0 Å². The zero-order valence-corrected chi connectivity index (χ0v) is 7.48. The molecule has 2 rings (SSSR count). The van der Waals surface area contributed by atoms with Crippen molar-refractivity contribution in [3.63, 3.8) is 0 Å². The monoisotopic (exact) mass is 181 g/mol. The second-order valence-electron chi connectivity index (χ2n) is 3.01. The largest absolute Gasteiger partial charge is 0.294 e. The predicted molar refractivity (Wildman–Crippen MR) is 46.6 cm³/mol. The van der Waals surface area contributed by atoms with Gasteiger partial charge in [0.1, 0.15) is 5.15 Å². The molecule has 0 spiro atoms. The number of aromatic nitrogens is 1. The lowest BCUT2D eigenvalue weighted by atomic mass is 10.1. The molecule has 1 aliphatic carbocycles. The minimum Gasteiger partial charge on any atom is -0.294 e. The molecule has 0 amide bonds. The molecule has 1 aromatic heterocycles. The molecule has 1 heterocycles. The van der Waals surface area contributed by atoms with E-state index in [0.29, 0.717) is 11.6 Å². The van der Waals surface area contributed by atoms with Crippen molar-refractivity contribution in [2.45, 2.75) is 19.8 Å². The molecule has 12 heavy (non-hydrogen) atoms. The van der Waals surface area contributed by atoms with Gasteiger partial charge < -0.3 is 0 Å². The first-order valence-electron chi connectivity index (χ1n) is 3.87. The molecular weight excluding hydrogens is 174 g/mol. The summed E-state index contributed by atoms with van der Waals surface area (Å²) in [5, 5.41) is 0.487. The van der Waals surface area contributed by atoms with E-state index in [1.807, 2.05) is 6.92 Å². The normalized spacial score (nSPS) is 15.0. The van der Waals surface area contributed by atoms with Crippen LogP contribution in [0.15, 0.2) is 6.07 Å². The third kappa shape index (κ3) is 1.03. The van der Waals surface area contributed by atoms with Gasteiger partial charge in [-0.1, -0.05) is 11.6 Å². The molecule has 0 saturated carbocycles. The van der Waals surface area contributed by atoms with Crippen LogP contribution in [0, 0.1) is 6.92 Å². The van der Waals surface area contributed by atoms with Gasteiger partial charge in [-0.05, 0) is 25.0 Å². The Morgan fingerprint density at radius 1 is 1.50 bits per heavy atom. The molecule has 0 saturated heterocycles. The van der Waals surface area contributed by atoms with Gasteiger partial charge in [-0.3, -0.25) is 4.79 Å². The highest BCUT2D eigenvalue weighted by molar-refractivity contribution is 6.29. The van der Waals surface area contributed by atoms with Gasteiger partial charge in [-0.25, -0.2) is 4.98 Å². The van der Waals surface area contributed by atoms with Crippen molar-refractivity contribution >= 4 is 17.4 Å². The lowest BCUT2D eigenvalue weighted by Gasteiger charge is -2.01.